The molecule has 0 saturated carbocycles. The molecule has 0 aliphatic rings. The number of amides is 1. The number of nitrogens with one attached hydrogen (secondary N) is 1. The van der Waals surface area contributed by atoms with E-state index in [1.54, 1.807) is 10.9 Å². The van der Waals surface area contributed by atoms with Crippen molar-refractivity contribution in [3.05, 3.63) is 72.2 Å². The van der Waals surface area contributed by atoms with Crippen molar-refractivity contribution in [1.29, 1.82) is 0 Å². The van der Waals surface area contributed by atoms with E-state index in [4.69, 9.17) is 0 Å². The van der Waals surface area contributed by atoms with Crippen LogP contribution in [0.2, 0.25) is 0 Å². The Hall–Kier alpha value is -3.74. The first-order valence-corrected chi connectivity index (χ1v) is 9.36. The SMILES string of the molecule is Cc1cccc(NC(=O)CN(C)c2ncnc3c2cnn3-c2ccccc2)c1C. The number of aromatic nitrogens is 4. The highest BCUT2D eigenvalue weighted by atomic mass is 16.2. The minimum absolute atomic E-state index is 0.108. The van der Waals surface area contributed by atoms with Crippen LogP contribution in [0.15, 0.2) is 61.1 Å². The summed E-state index contributed by atoms with van der Waals surface area (Å²) in [4.78, 5) is 23.2. The number of para-hydroxylation sites is 1. The molecule has 2 heterocycles. The van der Waals surface area contributed by atoms with Gasteiger partial charge in [-0.3, -0.25) is 4.79 Å². The molecule has 0 bridgehead atoms. The highest BCUT2D eigenvalue weighted by Crippen LogP contribution is 2.24. The minimum atomic E-state index is -0.108. The van der Waals surface area contributed by atoms with Crippen LogP contribution in [0.25, 0.3) is 16.7 Å². The van der Waals surface area contributed by atoms with Gasteiger partial charge in [-0.15, -0.1) is 0 Å². The molecule has 1 N–H and O–H groups in total. The Bertz CT molecular complexity index is 1170. The van der Waals surface area contributed by atoms with Crippen molar-refractivity contribution in [1.82, 2.24) is 19.7 Å². The van der Waals surface area contributed by atoms with Crippen LogP contribution in [-0.4, -0.2) is 39.2 Å². The van der Waals surface area contributed by atoms with E-state index < -0.39 is 0 Å². The molecule has 0 spiro atoms. The third-order valence-corrected chi connectivity index (χ3v) is 4.97. The molecular formula is C22H22N6O. The lowest BCUT2D eigenvalue weighted by molar-refractivity contribution is -0.114. The van der Waals surface area contributed by atoms with Crippen LogP contribution in [0.5, 0.6) is 0 Å². The highest BCUT2D eigenvalue weighted by molar-refractivity contribution is 5.96. The van der Waals surface area contributed by atoms with E-state index in [2.05, 4.69) is 20.4 Å². The monoisotopic (exact) mass is 386 g/mol. The average Bonchev–Trinajstić information content (AvgIpc) is 3.16. The molecule has 2 aromatic heterocycles. The Kier molecular flexibility index (Phi) is 4.95. The fourth-order valence-electron chi connectivity index (χ4n) is 3.26. The Morgan fingerprint density at radius 1 is 1.07 bits per heavy atom. The number of nitrogens with zero attached hydrogens (tertiary/aromatic N) is 5. The first-order valence-electron chi connectivity index (χ1n) is 9.36. The highest BCUT2D eigenvalue weighted by Gasteiger charge is 2.16. The van der Waals surface area contributed by atoms with Gasteiger partial charge in [-0.1, -0.05) is 30.3 Å². The molecule has 146 valence electrons. The first kappa shape index (κ1) is 18.6. The maximum atomic E-state index is 12.6. The second-order valence-corrected chi connectivity index (χ2v) is 6.98. The van der Waals surface area contributed by atoms with Crippen molar-refractivity contribution in [3.8, 4) is 5.69 Å². The largest absolute Gasteiger partial charge is 0.350 e. The molecule has 7 nitrogen and oxygen atoms in total. The predicted molar refractivity (Wildman–Crippen MR) is 114 cm³/mol. The van der Waals surface area contributed by atoms with E-state index in [0.29, 0.717) is 11.5 Å². The van der Waals surface area contributed by atoms with Gasteiger partial charge in [0.05, 0.1) is 23.8 Å². The Labute approximate surface area is 169 Å². The van der Waals surface area contributed by atoms with Crippen LogP contribution in [-0.2, 0) is 4.79 Å². The van der Waals surface area contributed by atoms with E-state index in [1.165, 1.54) is 6.33 Å². The van der Waals surface area contributed by atoms with Crippen molar-refractivity contribution in [2.75, 3.05) is 23.8 Å². The zero-order chi connectivity index (χ0) is 20.4. The Morgan fingerprint density at radius 2 is 1.86 bits per heavy atom. The molecule has 4 aromatic rings. The molecule has 7 heteroatoms. The molecule has 0 aliphatic heterocycles. The van der Waals surface area contributed by atoms with Crippen LogP contribution in [0, 0.1) is 13.8 Å². The number of hydrogen-bond donors (Lipinski definition) is 1. The van der Waals surface area contributed by atoms with Gasteiger partial charge in [-0.05, 0) is 43.2 Å². The second kappa shape index (κ2) is 7.71. The van der Waals surface area contributed by atoms with Crippen molar-refractivity contribution in [2.24, 2.45) is 0 Å². The second-order valence-electron chi connectivity index (χ2n) is 6.98. The van der Waals surface area contributed by atoms with Gasteiger partial charge in [0, 0.05) is 12.7 Å². The summed E-state index contributed by atoms with van der Waals surface area (Å²) in [7, 11) is 1.84. The summed E-state index contributed by atoms with van der Waals surface area (Å²) >= 11 is 0. The predicted octanol–water partition coefficient (Wildman–Crippen LogP) is 3.51. The molecule has 0 unspecified atom stereocenters. The summed E-state index contributed by atoms with van der Waals surface area (Å²) in [6.07, 6.45) is 3.23. The maximum absolute atomic E-state index is 12.6. The van der Waals surface area contributed by atoms with Crippen molar-refractivity contribution >= 4 is 28.4 Å². The summed E-state index contributed by atoms with van der Waals surface area (Å²) in [5.74, 6) is 0.553. The normalized spacial score (nSPS) is 10.9. The van der Waals surface area contributed by atoms with Gasteiger partial charge in [0.25, 0.3) is 0 Å². The van der Waals surface area contributed by atoms with Crippen molar-refractivity contribution in [3.63, 3.8) is 0 Å². The van der Waals surface area contributed by atoms with Crippen LogP contribution >= 0.6 is 0 Å². The lowest BCUT2D eigenvalue weighted by atomic mass is 10.1. The third kappa shape index (κ3) is 3.67. The van der Waals surface area contributed by atoms with Gasteiger partial charge in [0.15, 0.2) is 5.65 Å². The summed E-state index contributed by atoms with van der Waals surface area (Å²) in [5, 5.41) is 8.24. The number of rotatable bonds is 5. The van der Waals surface area contributed by atoms with Crippen molar-refractivity contribution in [2.45, 2.75) is 13.8 Å². The topological polar surface area (TPSA) is 75.9 Å². The summed E-state index contributed by atoms with van der Waals surface area (Å²) in [6, 6.07) is 15.7. The van der Waals surface area contributed by atoms with Gasteiger partial charge in [0.2, 0.25) is 5.91 Å². The number of aryl methyl sites for hydroxylation is 1. The number of fused-ring (bicyclic) bond motifs is 1. The zero-order valence-corrected chi connectivity index (χ0v) is 16.6. The molecule has 0 fully saturated rings. The summed E-state index contributed by atoms with van der Waals surface area (Å²) in [6.45, 7) is 4.19. The average molecular weight is 386 g/mol. The summed E-state index contributed by atoms with van der Waals surface area (Å²) in [5.41, 5.74) is 4.65. The Balaban J connectivity index is 1.57. The molecule has 1 amide bonds. The van der Waals surface area contributed by atoms with Crippen molar-refractivity contribution < 1.29 is 4.79 Å². The van der Waals surface area contributed by atoms with Gasteiger partial charge >= 0.3 is 0 Å². The van der Waals surface area contributed by atoms with E-state index in [9.17, 15) is 4.79 Å². The van der Waals surface area contributed by atoms with Crippen LogP contribution in [0.1, 0.15) is 11.1 Å². The standard InChI is InChI=1S/C22H22N6O/c1-15-8-7-11-19(16(15)2)26-20(29)13-27(3)21-18-12-25-28(22(18)24-14-23-21)17-9-5-4-6-10-17/h4-12,14H,13H2,1-3H3,(H,26,29). The molecule has 0 saturated heterocycles. The molecule has 29 heavy (non-hydrogen) atoms. The quantitative estimate of drug-likeness (QED) is 0.568. The number of carbonyl (C=O) groups is 1. The smallest absolute Gasteiger partial charge is 0.243 e. The molecular weight excluding hydrogens is 364 g/mol. The lowest BCUT2D eigenvalue weighted by Crippen LogP contribution is -2.31. The van der Waals surface area contributed by atoms with E-state index >= 15 is 0 Å². The van der Waals surface area contributed by atoms with Gasteiger partial charge in [0.1, 0.15) is 12.1 Å². The van der Waals surface area contributed by atoms with E-state index in [1.807, 2.05) is 74.3 Å². The number of anilines is 2. The van der Waals surface area contributed by atoms with E-state index in [0.717, 1.165) is 27.9 Å². The minimum Gasteiger partial charge on any atom is -0.350 e. The summed E-state index contributed by atoms with van der Waals surface area (Å²) < 4.78 is 1.77. The molecule has 2 aromatic carbocycles. The number of likely N-dealkylation sites (N-methyl/N-ethyl adjacent to an activating group) is 1. The number of carbonyl (C=O) groups excluding carboxylic acids is 1. The molecule has 0 radical (unpaired) electrons. The maximum Gasteiger partial charge on any atom is 0.243 e. The first-order chi connectivity index (χ1) is 14.0. The third-order valence-electron chi connectivity index (χ3n) is 4.97. The van der Waals surface area contributed by atoms with Crippen LogP contribution < -0.4 is 10.2 Å². The van der Waals surface area contributed by atoms with Gasteiger partial charge in [-0.25, -0.2) is 14.6 Å². The molecule has 4 rings (SSSR count). The number of benzene rings is 2. The fraction of sp³-hybridized carbons (Fsp3) is 0.182. The lowest BCUT2D eigenvalue weighted by Gasteiger charge is -2.19. The van der Waals surface area contributed by atoms with Gasteiger partial charge in [-0.2, -0.15) is 5.10 Å². The Morgan fingerprint density at radius 3 is 2.66 bits per heavy atom. The van der Waals surface area contributed by atoms with Crippen LogP contribution in [0.3, 0.4) is 0 Å². The fourth-order valence-corrected chi connectivity index (χ4v) is 3.26. The zero-order valence-electron chi connectivity index (χ0n) is 16.6. The van der Waals surface area contributed by atoms with Crippen LogP contribution in [0.4, 0.5) is 11.5 Å². The van der Waals surface area contributed by atoms with E-state index in [-0.39, 0.29) is 12.5 Å². The number of hydrogen-bond acceptors (Lipinski definition) is 5. The molecule has 0 atom stereocenters. The van der Waals surface area contributed by atoms with Gasteiger partial charge < -0.3 is 10.2 Å². The molecule has 0 aliphatic carbocycles.